The van der Waals surface area contributed by atoms with Crippen molar-refractivity contribution in [3.05, 3.63) is 104 Å². The second-order valence-corrected chi connectivity index (χ2v) is 12.0. The lowest BCUT2D eigenvalue weighted by molar-refractivity contribution is -0.145. The van der Waals surface area contributed by atoms with Crippen LogP contribution >= 0.6 is 23.2 Å². The molecule has 11 nitrogen and oxygen atoms in total. The van der Waals surface area contributed by atoms with Crippen LogP contribution in [0.5, 0.6) is 0 Å². The number of amides is 2. The maximum atomic E-state index is 14.3. The van der Waals surface area contributed by atoms with Crippen molar-refractivity contribution < 1.29 is 31.5 Å². The Balaban J connectivity index is 1.53. The molecule has 0 saturated carbocycles. The number of nitrogens with zero attached hydrogens (tertiary/aromatic N) is 7. The Bertz CT molecular complexity index is 1940. The van der Waals surface area contributed by atoms with Gasteiger partial charge in [0.15, 0.2) is 5.82 Å². The predicted octanol–water partition coefficient (Wildman–Crippen LogP) is 5.89. The summed E-state index contributed by atoms with van der Waals surface area (Å²) in [5.74, 6) is -4.49. The number of hydrogen-bond acceptors (Lipinski definition) is 7. The minimum Gasteiger partial charge on any atom is -0.348 e. The molecule has 4 aromatic rings. The van der Waals surface area contributed by atoms with Gasteiger partial charge in [0.25, 0.3) is 17.6 Å². The number of hydrogen-bond donors (Lipinski definition) is 2. The maximum Gasteiger partial charge on any atom is 0.455 e. The summed E-state index contributed by atoms with van der Waals surface area (Å²) in [4.78, 5) is 32.5. The highest BCUT2D eigenvalue weighted by atomic mass is 35.5. The van der Waals surface area contributed by atoms with Crippen LogP contribution in [0.15, 0.2) is 65.0 Å². The van der Waals surface area contributed by atoms with E-state index in [0.717, 1.165) is 10.7 Å². The van der Waals surface area contributed by atoms with E-state index in [-0.39, 0.29) is 52.0 Å². The van der Waals surface area contributed by atoms with Gasteiger partial charge in [-0.25, -0.2) is 18.4 Å². The largest absolute Gasteiger partial charge is 0.455 e. The van der Waals surface area contributed by atoms with Crippen molar-refractivity contribution in [3.63, 3.8) is 0 Å². The monoisotopic (exact) mass is 709 g/mol. The van der Waals surface area contributed by atoms with Crippen LogP contribution in [0.25, 0.3) is 5.82 Å². The fourth-order valence-electron chi connectivity index (χ4n) is 5.27. The molecule has 2 N–H and O–H groups in total. The molecule has 0 saturated heterocycles. The average Bonchev–Trinajstić information content (AvgIpc) is 3.66. The molecule has 1 aromatic carbocycles. The van der Waals surface area contributed by atoms with Crippen LogP contribution in [0.4, 0.5) is 22.0 Å². The van der Waals surface area contributed by atoms with E-state index in [1.54, 1.807) is 6.07 Å². The fourth-order valence-corrected chi connectivity index (χ4v) is 5.88. The van der Waals surface area contributed by atoms with Gasteiger partial charge >= 0.3 is 6.18 Å². The number of pyridine rings is 1. The summed E-state index contributed by atoms with van der Waals surface area (Å²) >= 11 is 12.9. The zero-order chi connectivity index (χ0) is 34.8. The summed E-state index contributed by atoms with van der Waals surface area (Å²) in [5, 5.41) is 20.0. The van der Waals surface area contributed by atoms with E-state index in [1.165, 1.54) is 30.5 Å². The number of halogens is 7. The van der Waals surface area contributed by atoms with Crippen molar-refractivity contribution in [3.8, 4) is 5.82 Å². The van der Waals surface area contributed by atoms with Crippen molar-refractivity contribution >= 4 is 35.0 Å². The summed E-state index contributed by atoms with van der Waals surface area (Å²) in [7, 11) is 0. The van der Waals surface area contributed by atoms with Crippen LogP contribution in [0.2, 0.25) is 5.02 Å². The highest BCUT2D eigenvalue weighted by molar-refractivity contribution is 6.32. The molecular weight excluding hydrogens is 684 g/mol. The predicted molar refractivity (Wildman–Crippen MR) is 163 cm³/mol. The van der Waals surface area contributed by atoms with Crippen LogP contribution in [-0.4, -0.2) is 46.8 Å². The third-order valence-electron chi connectivity index (χ3n) is 7.41. The van der Waals surface area contributed by atoms with Gasteiger partial charge in [-0.3, -0.25) is 9.59 Å². The van der Waals surface area contributed by atoms with Gasteiger partial charge in [0, 0.05) is 40.5 Å². The summed E-state index contributed by atoms with van der Waals surface area (Å²) in [6, 6.07) is 7.30. The number of carbonyl (C=O) groups excluding carboxylic acids is 2. The Morgan fingerprint density at radius 2 is 1.85 bits per heavy atom. The van der Waals surface area contributed by atoms with Crippen LogP contribution in [-0.2, 0) is 24.1 Å². The Morgan fingerprint density at radius 1 is 1.08 bits per heavy atom. The molecule has 0 radical (unpaired) electrons. The number of tetrazole rings is 1. The van der Waals surface area contributed by atoms with Gasteiger partial charge < -0.3 is 10.6 Å². The molecule has 0 aliphatic heterocycles. The van der Waals surface area contributed by atoms with E-state index in [9.17, 15) is 31.5 Å². The molecule has 3 heterocycles. The van der Waals surface area contributed by atoms with E-state index in [4.69, 9.17) is 23.2 Å². The molecule has 1 aliphatic rings. The second kappa shape index (κ2) is 13.8. The highest BCUT2D eigenvalue weighted by Gasteiger charge is 2.39. The normalized spacial score (nSPS) is 16.6. The Kier molecular flexibility index (Phi) is 9.96. The smallest absolute Gasteiger partial charge is 0.348 e. The number of alkyl halides is 3. The summed E-state index contributed by atoms with van der Waals surface area (Å²) in [6.45, 7) is 3.05. The topological polar surface area (TPSA) is 133 Å². The third-order valence-corrected chi connectivity index (χ3v) is 7.95. The van der Waals surface area contributed by atoms with Gasteiger partial charge in [0.1, 0.15) is 23.9 Å². The van der Waals surface area contributed by atoms with Gasteiger partial charge in [0.2, 0.25) is 0 Å². The van der Waals surface area contributed by atoms with Gasteiger partial charge in [-0.2, -0.15) is 23.1 Å². The molecule has 3 aromatic heterocycles. The van der Waals surface area contributed by atoms with E-state index in [2.05, 4.69) is 36.1 Å². The molecule has 0 spiro atoms. The number of allylic oxidation sites excluding steroid dienone is 2. The van der Waals surface area contributed by atoms with Crippen molar-refractivity contribution in [2.45, 2.75) is 52.4 Å². The molecule has 5 rings (SSSR count). The van der Waals surface area contributed by atoms with Crippen molar-refractivity contribution in [2.75, 3.05) is 0 Å². The van der Waals surface area contributed by atoms with E-state index >= 15 is 0 Å². The van der Waals surface area contributed by atoms with E-state index in [0.29, 0.717) is 28.7 Å². The first-order chi connectivity index (χ1) is 22.7. The number of nitrogens with one attached hydrogen (secondary N) is 2. The number of rotatable bonds is 10. The highest BCUT2D eigenvalue weighted by Crippen LogP contribution is 2.44. The zero-order valence-corrected chi connectivity index (χ0v) is 26.8. The zero-order valence-electron chi connectivity index (χ0n) is 25.2. The summed E-state index contributed by atoms with van der Waals surface area (Å²) < 4.78 is 67.9. The third kappa shape index (κ3) is 7.54. The minimum absolute atomic E-state index is 0.00622. The SMILES string of the molecule is CCCC1(C)CC(Cl)=CC(C(=O)NCc2ccc(F)cc2F)=C1NC(=O)c1cc(Cn2nnc(C(F)(F)F)n2)nn1-c1ncccc1Cl. The van der Waals surface area contributed by atoms with Gasteiger partial charge in [-0.15, -0.1) is 10.2 Å². The fraction of sp³-hybridized carbons (Fsp3) is 0.300. The first kappa shape index (κ1) is 34.6. The van der Waals surface area contributed by atoms with Crippen LogP contribution < -0.4 is 10.6 Å². The standard InChI is InChI=1S/C30H26Cl2F5N9O2/c1-3-8-29(2)13-17(31)10-20(26(47)39-14-16-6-7-18(33)11-22(16)34)24(29)40-27(48)23-12-19(15-45-43-28(41-44-45)30(35,36)37)42-46(23)25-21(32)5-4-9-38-25/h4-7,9-12H,3,8,13-15H2,1-2H3,(H,39,47)(H,40,48). The van der Waals surface area contributed by atoms with Crippen molar-refractivity contribution in [2.24, 2.45) is 5.41 Å². The molecule has 18 heteroatoms. The number of carbonyl (C=O) groups is 2. The molecular formula is C30H26Cl2F5N9O2. The molecule has 1 atom stereocenters. The maximum absolute atomic E-state index is 14.3. The van der Waals surface area contributed by atoms with Crippen molar-refractivity contribution in [1.29, 1.82) is 0 Å². The molecule has 2 amide bonds. The van der Waals surface area contributed by atoms with Gasteiger partial charge in [-0.1, -0.05) is 49.5 Å². The molecule has 1 unspecified atom stereocenters. The van der Waals surface area contributed by atoms with Gasteiger partial charge in [0.05, 0.1) is 16.3 Å². The van der Waals surface area contributed by atoms with Gasteiger partial charge in [-0.05, 0) is 48.4 Å². The lowest BCUT2D eigenvalue weighted by atomic mass is 9.74. The molecule has 1 aliphatic carbocycles. The number of aromatic nitrogens is 7. The van der Waals surface area contributed by atoms with E-state index < -0.39 is 47.4 Å². The van der Waals surface area contributed by atoms with Crippen LogP contribution in [0.3, 0.4) is 0 Å². The summed E-state index contributed by atoms with van der Waals surface area (Å²) in [5.41, 5.74) is -0.673. The first-order valence-electron chi connectivity index (χ1n) is 14.4. The molecule has 0 fully saturated rings. The Labute approximate surface area is 279 Å². The quantitative estimate of drug-likeness (QED) is 0.197. The Morgan fingerprint density at radius 3 is 2.52 bits per heavy atom. The Hall–Kier alpha value is -4.70. The second-order valence-electron chi connectivity index (χ2n) is 11.1. The van der Waals surface area contributed by atoms with Crippen LogP contribution in [0.1, 0.15) is 60.7 Å². The summed E-state index contributed by atoms with van der Waals surface area (Å²) in [6.07, 6.45) is -0.606. The molecule has 252 valence electrons. The lowest BCUT2D eigenvalue weighted by Gasteiger charge is -2.36. The van der Waals surface area contributed by atoms with Crippen LogP contribution in [0, 0.1) is 17.0 Å². The first-order valence-corrected chi connectivity index (χ1v) is 15.1. The molecule has 48 heavy (non-hydrogen) atoms. The number of benzene rings is 1. The average molecular weight is 710 g/mol. The molecule has 0 bridgehead atoms. The minimum atomic E-state index is -4.82. The van der Waals surface area contributed by atoms with Crippen molar-refractivity contribution in [1.82, 2.24) is 45.6 Å². The lowest BCUT2D eigenvalue weighted by Crippen LogP contribution is -2.40. The van der Waals surface area contributed by atoms with E-state index in [1.807, 2.05) is 13.8 Å².